The third-order valence-corrected chi connectivity index (χ3v) is 5.41. The van der Waals surface area contributed by atoms with Gasteiger partial charge in [-0.15, -0.1) is 34.2 Å². The van der Waals surface area contributed by atoms with E-state index >= 15 is 0 Å². The van der Waals surface area contributed by atoms with Gasteiger partial charge in [0, 0.05) is 33.4 Å². The monoisotopic (exact) mass is 506 g/mol. The van der Waals surface area contributed by atoms with E-state index in [0.29, 0.717) is 12.0 Å². The minimum absolute atomic E-state index is 0. The maximum atomic E-state index is 5.43. The molecular weight excluding hydrogens is 467 g/mol. The summed E-state index contributed by atoms with van der Waals surface area (Å²) in [6.07, 6.45) is 6.23. The largest absolute Gasteiger partial charge is 0.382 e. The molecule has 1 aliphatic rings. The lowest BCUT2D eigenvalue weighted by Crippen LogP contribution is -2.47. The van der Waals surface area contributed by atoms with Crippen molar-refractivity contribution in [3.05, 3.63) is 11.6 Å². The fourth-order valence-electron chi connectivity index (χ4n) is 3.71. The van der Waals surface area contributed by atoms with E-state index in [1.165, 1.54) is 25.7 Å². The Morgan fingerprint density at radius 2 is 2.04 bits per heavy atom. The van der Waals surface area contributed by atoms with E-state index in [4.69, 9.17) is 9.73 Å². The highest BCUT2D eigenvalue weighted by molar-refractivity contribution is 14.0. The van der Waals surface area contributed by atoms with Gasteiger partial charge < -0.3 is 19.9 Å². The number of aryl methyl sites for hydroxylation is 1. The van der Waals surface area contributed by atoms with Crippen LogP contribution >= 0.6 is 24.0 Å². The number of aliphatic imine (C=N–C) groups is 1. The third-order valence-electron chi connectivity index (χ3n) is 5.41. The van der Waals surface area contributed by atoms with Crippen molar-refractivity contribution in [2.24, 2.45) is 23.4 Å². The summed E-state index contributed by atoms with van der Waals surface area (Å²) >= 11 is 0. The van der Waals surface area contributed by atoms with E-state index in [9.17, 15) is 0 Å². The zero-order valence-corrected chi connectivity index (χ0v) is 20.6. The van der Waals surface area contributed by atoms with Gasteiger partial charge in [0.1, 0.15) is 12.4 Å². The molecular formula is C20H39IN6O. The Hall–Kier alpha value is -0.900. The minimum Gasteiger partial charge on any atom is -0.382 e. The lowest BCUT2D eigenvalue weighted by atomic mass is 9.64. The van der Waals surface area contributed by atoms with Gasteiger partial charge in [-0.1, -0.05) is 20.3 Å². The first-order valence-electron chi connectivity index (χ1n) is 10.4. The molecule has 1 saturated carbocycles. The fourth-order valence-corrected chi connectivity index (χ4v) is 3.71. The quantitative estimate of drug-likeness (QED) is 0.208. The van der Waals surface area contributed by atoms with Gasteiger partial charge >= 0.3 is 0 Å². The average molecular weight is 506 g/mol. The lowest BCUT2D eigenvalue weighted by Gasteiger charge is -2.43. The Bertz CT molecular complexity index is 598. The molecule has 0 aromatic carbocycles. The molecule has 0 spiro atoms. The van der Waals surface area contributed by atoms with Crippen LogP contribution in [0.5, 0.6) is 0 Å². The first-order chi connectivity index (χ1) is 13.0. The molecule has 0 saturated heterocycles. The molecule has 162 valence electrons. The second-order valence-electron chi connectivity index (χ2n) is 8.17. The van der Waals surface area contributed by atoms with Crippen molar-refractivity contribution in [2.75, 3.05) is 26.3 Å². The fraction of sp³-hybridized carbons (Fsp3) is 0.850. The zero-order valence-electron chi connectivity index (χ0n) is 18.3. The van der Waals surface area contributed by atoms with Gasteiger partial charge in [0.2, 0.25) is 0 Å². The van der Waals surface area contributed by atoms with Gasteiger partial charge in [-0.2, -0.15) is 0 Å². The zero-order chi connectivity index (χ0) is 19.7. The average Bonchev–Trinajstić information content (AvgIpc) is 2.92. The number of hydrogen-bond donors (Lipinski definition) is 2. The third kappa shape index (κ3) is 7.85. The molecule has 0 unspecified atom stereocenters. The van der Waals surface area contributed by atoms with Crippen LogP contribution in [0.25, 0.3) is 0 Å². The van der Waals surface area contributed by atoms with Gasteiger partial charge in [0.25, 0.3) is 0 Å². The van der Waals surface area contributed by atoms with Crippen LogP contribution in [0.2, 0.25) is 0 Å². The van der Waals surface area contributed by atoms with Crippen molar-refractivity contribution in [1.82, 2.24) is 25.4 Å². The van der Waals surface area contributed by atoms with Crippen LogP contribution in [0.4, 0.5) is 0 Å². The molecule has 1 aliphatic carbocycles. The molecule has 8 heteroatoms. The summed E-state index contributed by atoms with van der Waals surface area (Å²) in [6.45, 7) is 12.5. The van der Waals surface area contributed by atoms with Crippen molar-refractivity contribution < 1.29 is 4.74 Å². The van der Waals surface area contributed by atoms with E-state index < -0.39 is 0 Å². The summed E-state index contributed by atoms with van der Waals surface area (Å²) < 4.78 is 7.41. The first-order valence-corrected chi connectivity index (χ1v) is 10.4. The highest BCUT2D eigenvalue weighted by Gasteiger charge is 2.37. The Morgan fingerprint density at radius 3 is 2.57 bits per heavy atom. The molecule has 0 aliphatic heterocycles. The topological polar surface area (TPSA) is 76.4 Å². The van der Waals surface area contributed by atoms with E-state index in [-0.39, 0.29) is 24.0 Å². The highest BCUT2D eigenvalue weighted by Crippen LogP contribution is 2.45. The standard InChI is InChI=1S/C20H38N6O.HI/c1-6-27-12-8-11-21-19(22-14-18-25-24-17(4)26(18)5)23-15-20(9-7-10-20)13-16(2)3;/h16H,6-15H2,1-5H3,(H2,21,22,23);1H. The summed E-state index contributed by atoms with van der Waals surface area (Å²) in [7, 11) is 1.98. The number of hydrogen-bond acceptors (Lipinski definition) is 4. The Morgan fingerprint density at radius 1 is 1.29 bits per heavy atom. The highest BCUT2D eigenvalue weighted by atomic mass is 127. The molecule has 1 aromatic rings. The van der Waals surface area contributed by atoms with Crippen LogP contribution in [-0.2, 0) is 18.3 Å². The first kappa shape index (κ1) is 25.1. The van der Waals surface area contributed by atoms with Crippen molar-refractivity contribution in [1.29, 1.82) is 0 Å². The number of halogens is 1. The van der Waals surface area contributed by atoms with E-state index in [0.717, 1.165) is 56.3 Å². The maximum Gasteiger partial charge on any atom is 0.191 e. The molecule has 1 heterocycles. The van der Waals surface area contributed by atoms with Crippen molar-refractivity contribution in [3.63, 3.8) is 0 Å². The van der Waals surface area contributed by atoms with E-state index in [1.54, 1.807) is 0 Å². The minimum atomic E-state index is 0. The van der Waals surface area contributed by atoms with Gasteiger partial charge in [-0.3, -0.25) is 0 Å². The number of rotatable bonds is 11. The number of ether oxygens (including phenoxy) is 1. The molecule has 0 bridgehead atoms. The molecule has 1 fully saturated rings. The SMILES string of the molecule is CCOCCCNC(=NCc1nnc(C)n1C)NCC1(CC(C)C)CCC1.I. The van der Waals surface area contributed by atoms with Crippen LogP contribution in [-0.4, -0.2) is 47.0 Å². The summed E-state index contributed by atoms with van der Waals surface area (Å²) in [5, 5.41) is 15.4. The summed E-state index contributed by atoms with van der Waals surface area (Å²) in [5.74, 6) is 3.38. The molecule has 0 amide bonds. The van der Waals surface area contributed by atoms with Crippen LogP contribution in [0.3, 0.4) is 0 Å². The smallest absolute Gasteiger partial charge is 0.191 e. The molecule has 1 aromatic heterocycles. The maximum absolute atomic E-state index is 5.43. The summed E-state index contributed by atoms with van der Waals surface area (Å²) in [4.78, 5) is 4.76. The predicted octanol–water partition coefficient (Wildman–Crippen LogP) is 3.42. The van der Waals surface area contributed by atoms with Crippen LogP contribution < -0.4 is 10.6 Å². The van der Waals surface area contributed by atoms with Gasteiger partial charge in [0.15, 0.2) is 11.8 Å². The molecule has 0 atom stereocenters. The van der Waals surface area contributed by atoms with Crippen molar-refractivity contribution in [3.8, 4) is 0 Å². The van der Waals surface area contributed by atoms with Gasteiger partial charge in [0.05, 0.1) is 0 Å². The second-order valence-corrected chi connectivity index (χ2v) is 8.17. The Labute approximate surface area is 187 Å². The molecule has 28 heavy (non-hydrogen) atoms. The number of nitrogens with zero attached hydrogens (tertiary/aromatic N) is 4. The second kappa shape index (κ2) is 12.6. The Kier molecular flexibility index (Phi) is 11.3. The number of guanidine groups is 1. The van der Waals surface area contributed by atoms with Crippen LogP contribution in [0.15, 0.2) is 4.99 Å². The number of aromatic nitrogens is 3. The normalized spacial score (nSPS) is 15.9. The van der Waals surface area contributed by atoms with E-state index in [1.807, 2.05) is 25.5 Å². The van der Waals surface area contributed by atoms with Crippen LogP contribution in [0.1, 0.15) is 64.5 Å². The molecule has 7 nitrogen and oxygen atoms in total. The van der Waals surface area contributed by atoms with Gasteiger partial charge in [-0.05, 0) is 50.9 Å². The van der Waals surface area contributed by atoms with Gasteiger partial charge in [-0.25, -0.2) is 4.99 Å². The van der Waals surface area contributed by atoms with Crippen LogP contribution in [0, 0.1) is 18.3 Å². The molecule has 0 radical (unpaired) electrons. The predicted molar refractivity (Wildman–Crippen MR) is 125 cm³/mol. The summed E-state index contributed by atoms with van der Waals surface area (Å²) in [6, 6.07) is 0. The Balaban J connectivity index is 0.00000392. The van der Waals surface area contributed by atoms with E-state index in [2.05, 4.69) is 34.7 Å². The molecule has 2 N–H and O–H groups in total. The van der Waals surface area contributed by atoms with Crippen molar-refractivity contribution >= 4 is 29.9 Å². The molecule has 2 rings (SSSR count). The lowest BCUT2D eigenvalue weighted by molar-refractivity contribution is 0.104. The number of nitrogens with one attached hydrogen (secondary N) is 2. The summed E-state index contributed by atoms with van der Waals surface area (Å²) in [5.41, 5.74) is 0.434. The van der Waals surface area contributed by atoms with Crippen molar-refractivity contribution in [2.45, 2.75) is 66.3 Å².